The highest BCUT2D eigenvalue weighted by molar-refractivity contribution is 5.75. The first-order valence-electron chi connectivity index (χ1n) is 5.99. The van der Waals surface area contributed by atoms with E-state index in [1.807, 2.05) is 41.8 Å². The van der Waals surface area contributed by atoms with Crippen LogP contribution in [0.15, 0.2) is 42.7 Å². The Bertz CT molecular complexity index is 520. The number of hydrogen-bond donors (Lipinski definition) is 0. The Morgan fingerprint density at radius 1 is 1.39 bits per heavy atom. The third-order valence-electron chi connectivity index (χ3n) is 2.75. The van der Waals surface area contributed by atoms with Crippen LogP contribution in [0.2, 0.25) is 0 Å². The molecule has 0 bridgehead atoms. The summed E-state index contributed by atoms with van der Waals surface area (Å²) in [5.41, 5.74) is 0.985. The van der Waals surface area contributed by atoms with Crippen LogP contribution in [0, 0.1) is 0 Å². The van der Waals surface area contributed by atoms with Crippen LogP contribution in [0.1, 0.15) is 19.9 Å². The average Bonchev–Trinajstić information content (AvgIpc) is 2.88. The number of aromatic nitrogens is 2. The molecule has 0 saturated heterocycles. The fraction of sp³-hybridized carbons (Fsp3) is 0.286. The number of benzene rings is 1. The largest absolute Gasteiger partial charge is 0.464 e. The van der Waals surface area contributed by atoms with Crippen LogP contribution >= 0.6 is 0 Å². The molecule has 0 radical (unpaired) electrons. The second kappa shape index (κ2) is 5.49. The maximum absolute atomic E-state index is 11.8. The summed E-state index contributed by atoms with van der Waals surface area (Å²) in [6, 6.07) is 9.41. The number of hydrogen-bond acceptors (Lipinski definition) is 3. The molecule has 0 amide bonds. The summed E-state index contributed by atoms with van der Waals surface area (Å²) in [7, 11) is 0. The van der Waals surface area contributed by atoms with Crippen LogP contribution < -0.4 is 0 Å². The van der Waals surface area contributed by atoms with E-state index >= 15 is 0 Å². The second-order valence-electron chi connectivity index (χ2n) is 3.95. The molecular formula is C14H16N2O2. The van der Waals surface area contributed by atoms with Crippen LogP contribution in [-0.2, 0) is 9.53 Å². The lowest BCUT2D eigenvalue weighted by Crippen LogP contribution is -2.19. The van der Waals surface area contributed by atoms with Crippen LogP contribution in [-0.4, -0.2) is 22.1 Å². The van der Waals surface area contributed by atoms with Gasteiger partial charge in [-0.05, 0) is 13.8 Å². The Hall–Kier alpha value is -2.10. The van der Waals surface area contributed by atoms with E-state index in [2.05, 4.69) is 4.98 Å². The summed E-state index contributed by atoms with van der Waals surface area (Å²) in [5, 5.41) is 0. The summed E-state index contributed by atoms with van der Waals surface area (Å²) < 4.78 is 6.86. The molecule has 18 heavy (non-hydrogen) atoms. The first-order chi connectivity index (χ1) is 8.74. The van der Waals surface area contributed by atoms with Gasteiger partial charge in [-0.3, -0.25) is 0 Å². The van der Waals surface area contributed by atoms with E-state index in [1.54, 1.807) is 19.3 Å². The summed E-state index contributed by atoms with van der Waals surface area (Å²) in [4.78, 5) is 16.1. The van der Waals surface area contributed by atoms with Gasteiger partial charge in [0.25, 0.3) is 0 Å². The van der Waals surface area contributed by atoms with Crippen LogP contribution in [0.5, 0.6) is 0 Å². The van der Waals surface area contributed by atoms with Gasteiger partial charge in [0.15, 0.2) is 0 Å². The maximum Gasteiger partial charge on any atom is 0.328 e. The van der Waals surface area contributed by atoms with Gasteiger partial charge < -0.3 is 9.30 Å². The average molecular weight is 244 g/mol. The van der Waals surface area contributed by atoms with Crippen LogP contribution in [0.25, 0.3) is 11.4 Å². The zero-order chi connectivity index (χ0) is 13.0. The first-order valence-corrected chi connectivity index (χ1v) is 5.99. The quantitative estimate of drug-likeness (QED) is 0.777. The number of carbonyl (C=O) groups excluding carboxylic acids is 1. The lowest BCUT2D eigenvalue weighted by molar-refractivity contribution is -0.146. The van der Waals surface area contributed by atoms with Gasteiger partial charge in [-0.25, -0.2) is 9.78 Å². The molecule has 0 aliphatic carbocycles. The van der Waals surface area contributed by atoms with Crippen molar-refractivity contribution < 1.29 is 9.53 Å². The fourth-order valence-electron chi connectivity index (χ4n) is 1.81. The van der Waals surface area contributed by atoms with Crippen LogP contribution in [0.3, 0.4) is 0 Å². The number of imidazole rings is 1. The SMILES string of the molecule is CCOC(=O)C(C)n1ccnc1-c1ccccc1. The van der Waals surface area contributed by atoms with Gasteiger partial charge in [0.05, 0.1) is 6.61 Å². The normalized spacial score (nSPS) is 12.1. The van der Waals surface area contributed by atoms with Gasteiger partial charge in [-0.2, -0.15) is 0 Å². The Morgan fingerprint density at radius 3 is 2.78 bits per heavy atom. The topological polar surface area (TPSA) is 44.1 Å². The van der Waals surface area contributed by atoms with E-state index < -0.39 is 0 Å². The molecule has 0 fully saturated rings. The minimum absolute atomic E-state index is 0.243. The third-order valence-corrected chi connectivity index (χ3v) is 2.75. The first kappa shape index (κ1) is 12.4. The standard InChI is InChI=1S/C14H16N2O2/c1-3-18-14(17)11(2)16-10-9-15-13(16)12-7-5-4-6-8-12/h4-11H,3H2,1-2H3. The predicted molar refractivity (Wildman–Crippen MR) is 69.0 cm³/mol. The Morgan fingerprint density at radius 2 is 2.11 bits per heavy atom. The lowest BCUT2D eigenvalue weighted by atomic mass is 10.2. The lowest BCUT2D eigenvalue weighted by Gasteiger charge is -2.14. The molecule has 4 nitrogen and oxygen atoms in total. The second-order valence-corrected chi connectivity index (χ2v) is 3.95. The Kier molecular flexibility index (Phi) is 3.77. The molecule has 0 aliphatic rings. The molecule has 0 aliphatic heterocycles. The monoisotopic (exact) mass is 244 g/mol. The number of rotatable bonds is 4. The van der Waals surface area contributed by atoms with Gasteiger partial charge in [-0.15, -0.1) is 0 Å². The van der Waals surface area contributed by atoms with Crippen molar-refractivity contribution in [2.45, 2.75) is 19.9 Å². The molecule has 1 aromatic heterocycles. The van der Waals surface area contributed by atoms with E-state index in [0.717, 1.165) is 11.4 Å². The Balaban J connectivity index is 2.31. The van der Waals surface area contributed by atoms with Crippen molar-refractivity contribution in [3.05, 3.63) is 42.7 Å². The van der Waals surface area contributed by atoms with Crippen molar-refractivity contribution in [1.82, 2.24) is 9.55 Å². The molecule has 0 N–H and O–H groups in total. The minimum atomic E-state index is -0.373. The summed E-state index contributed by atoms with van der Waals surface area (Å²) in [6.45, 7) is 4.00. The van der Waals surface area contributed by atoms with Crippen molar-refractivity contribution in [3.63, 3.8) is 0 Å². The van der Waals surface area contributed by atoms with E-state index in [9.17, 15) is 4.79 Å². The van der Waals surface area contributed by atoms with Crippen molar-refractivity contribution in [2.24, 2.45) is 0 Å². The third kappa shape index (κ3) is 2.42. The predicted octanol–water partition coefficient (Wildman–Crippen LogP) is 2.67. The molecule has 2 aromatic rings. The van der Waals surface area contributed by atoms with Gasteiger partial charge in [0.2, 0.25) is 0 Å². The molecular weight excluding hydrogens is 228 g/mol. The fourth-order valence-corrected chi connectivity index (χ4v) is 1.81. The van der Waals surface area contributed by atoms with E-state index in [4.69, 9.17) is 4.74 Å². The number of ether oxygens (including phenoxy) is 1. The van der Waals surface area contributed by atoms with Crippen molar-refractivity contribution in [2.75, 3.05) is 6.61 Å². The van der Waals surface area contributed by atoms with Gasteiger partial charge in [0, 0.05) is 18.0 Å². The zero-order valence-electron chi connectivity index (χ0n) is 10.5. The molecule has 94 valence electrons. The van der Waals surface area contributed by atoms with E-state index in [-0.39, 0.29) is 12.0 Å². The Labute approximate surface area is 106 Å². The number of carbonyl (C=O) groups is 1. The number of esters is 1. The molecule has 1 unspecified atom stereocenters. The molecule has 0 saturated carbocycles. The summed E-state index contributed by atoms with van der Waals surface area (Å²) >= 11 is 0. The smallest absolute Gasteiger partial charge is 0.328 e. The van der Waals surface area contributed by atoms with Crippen LogP contribution in [0.4, 0.5) is 0 Å². The summed E-state index contributed by atoms with van der Waals surface area (Å²) in [6.07, 6.45) is 3.49. The highest BCUT2D eigenvalue weighted by Crippen LogP contribution is 2.21. The van der Waals surface area contributed by atoms with E-state index in [0.29, 0.717) is 6.61 Å². The maximum atomic E-state index is 11.8. The molecule has 0 spiro atoms. The number of nitrogens with zero attached hydrogens (tertiary/aromatic N) is 2. The molecule has 1 aromatic carbocycles. The summed E-state index contributed by atoms with van der Waals surface area (Å²) in [5.74, 6) is 0.531. The molecule has 2 rings (SSSR count). The van der Waals surface area contributed by atoms with Gasteiger partial charge in [-0.1, -0.05) is 30.3 Å². The molecule has 1 atom stereocenters. The van der Waals surface area contributed by atoms with Crippen molar-refractivity contribution in [3.8, 4) is 11.4 Å². The van der Waals surface area contributed by atoms with Gasteiger partial charge in [0.1, 0.15) is 11.9 Å². The van der Waals surface area contributed by atoms with Crippen molar-refractivity contribution in [1.29, 1.82) is 0 Å². The zero-order valence-corrected chi connectivity index (χ0v) is 10.5. The van der Waals surface area contributed by atoms with Gasteiger partial charge >= 0.3 is 5.97 Å². The highest BCUT2D eigenvalue weighted by atomic mass is 16.5. The molecule has 1 heterocycles. The molecule has 4 heteroatoms. The highest BCUT2D eigenvalue weighted by Gasteiger charge is 2.19. The van der Waals surface area contributed by atoms with E-state index in [1.165, 1.54) is 0 Å². The minimum Gasteiger partial charge on any atom is -0.464 e. The van der Waals surface area contributed by atoms with Crippen molar-refractivity contribution >= 4 is 5.97 Å².